The Bertz CT molecular complexity index is 330. The molecule has 3 nitrogen and oxygen atoms in total. The first-order valence-electron chi connectivity index (χ1n) is 7.82. The zero-order chi connectivity index (χ0) is 16.0. The van der Waals surface area contributed by atoms with Crippen LogP contribution in [0, 0.1) is 0 Å². The molecule has 0 atom stereocenters. The lowest BCUT2D eigenvalue weighted by Crippen LogP contribution is -2.58. The largest absolute Gasteiger partial charge is 0.435 e. The van der Waals surface area contributed by atoms with Gasteiger partial charge in [-0.05, 0) is 65.5 Å². The highest BCUT2D eigenvalue weighted by molar-refractivity contribution is 6.30. The normalized spacial score (nSPS) is 24.6. The molecular weight excluding hydrogens is 248 g/mol. The van der Waals surface area contributed by atoms with Crippen LogP contribution in [0.4, 0.5) is 0 Å². The molecule has 1 rings (SSSR count). The Hall–Kier alpha value is 0.00987. The Kier molecular flexibility index (Phi) is 4.81. The van der Waals surface area contributed by atoms with E-state index in [9.17, 15) is 5.21 Å². The van der Waals surface area contributed by atoms with Crippen molar-refractivity contribution in [2.75, 3.05) is 0 Å². The number of hydroxylamine groups is 2. The summed E-state index contributed by atoms with van der Waals surface area (Å²) in [7, 11) is 2.99. The van der Waals surface area contributed by atoms with Crippen LogP contribution in [0.3, 0.4) is 0 Å². The fourth-order valence-electron chi connectivity index (χ4n) is 3.14. The highest BCUT2D eigenvalue weighted by atomic mass is 16.5. The smallest absolute Gasteiger partial charge is 0.278 e. The minimum atomic E-state index is -0.193. The van der Waals surface area contributed by atoms with E-state index < -0.39 is 0 Å². The van der Waals surface area contributed by atoms with Gasteiger partial charge in [-0.25, -0.2) is 0 Å². The first kappa shape index (κ1) is 18.1. The van der Waals surface area contributed by atoms with Gasteiger partial charge >= 0.3 is 0 Å². The van der Waals surface area contributed by atoms with Crippen LogP contribution in [-0.2, 0) is 4.65 Å². The zero-order valence-corrected chi connectivity index (χ0v) is 15.0. The van der Waals surface area contributed by atoms with Gasteiger partial charge in [0.05, 0.1) is 0 Å². The summed E-state index contributed by atoms with van der Waals surface area (Å²) in [6.07, 6.45) is 1.93. The van der Waals surface area contributed by atoms with Gasteiger partial charge in [-0.2, -0.15) is 5.06 Å². The van der Waals surface area contributed by atoms with Crippen LogP contribution in [0.1, 0.15) is 68.2 Å². The second-order valence-corrected chi connectivity index (χ2v) is 9.28. The van der Waals surface area contributed by atoms with Gasteiger partial charge in [0.2, 0.25) is 0 Å². The molecule has 0 radical (unpaired) electrons. The summed E-state index contributed by atoms with van der Waals surface area (Å²) in [6.45, 7) is 17.2. The zero-order valence-electron chi connectivity index (χ0n) is 15.0. The molecule has 0 aromatic carbocycles. The second-order valence-electron chi connectivity index (χ2n) is 9.28. The molecule has 0 unspecified atom stereocenters. The lowest BCUT2D eigenvalue weighted by molar-refractivity contribution is -0.242. The molecule has 1 fully saturated rings. The van der Waals surface area contributed by atoms with E-state index in [2.05, 4.69) is 63.2 Å². The quantitative estimate of drug-likeness (QED) is 0.804. The van der Waals surface area contributed by atoms with Gasteiger partial charge in [0.1, 0.15) is 7.85 Å². The molecule has 116 valence electrons. The average molecular weight is 281 g/mol. The van der Waals surface area contributed by atoms with E-state index in [1.54, 1.807) is 0 Å². The molecule has 1 N–H and O–H groups in total. The molecule has 0 spiro atoms. The number of nitrogens with zero attached hydrogens (tertiary/aromatic N) is 1. The van der Waals surface area contributed by atoms with Crippen molar-refractivity contribution in [2.45, 2.75) is 96.0 Å². The van der Waals surface area contributed by atoms with Crippen molar-refractivity contribution < 1.29 is 9.86 Å². The third-order valence-electron chi connectivity index (χ3n) is 5.21. The molecule has 5 heteroatoms. The first-order valence-corrected chi connectivity index (χ1v) is 7.82. The molecule has 20 heavy (non-hydrogen) atoms. The number of rotatable bonds is 4. The van der Waals surface area contributed by atoms with E-state index in [-0.39, 0.29) is 22.0 Å². The van der Waals surface area contributed by atoms with Gasteiger partial charge in [0.25, 0.3) is 7.48 Å². The SMILES string of the molecule is BC(C)(C)C(C)(C)OBC1CC(C)(C)N(O)C(C)(C)C1. The molecule has 0 aromatic heterocycles. The Morgan fingerprint density at radius 1 is 1.10 bits per heavy atom. The third-order valence-corrected chi connectivity index (χ3v) is 5.21. The van der Waals surface area contributed by atoms with Crippen LogP contribution in [0.2, 0.25) is 11.1 Å². The van der Waals surface area contributed by atoms with Crippen LogP contribution < -0.4 is 0 Å². The molecule has 1 saturated heterocycles. The van der Waals surface area contributed by atoms with Crippen molar-refractivity contribution in [1.29, 1.82) is 0 Å². The van der Waals surface area contributed by atoms with E-state index in [0.717, 1.165) is 20.3 Å². The molecule has 1 aliphatic heterocycles. The maximum atomic E-state index is 10.3. The van der Waals surface area contributed by atoms with E-state index in [0.29, 0.717) is 5.82 Å². The highest BCUT2D eigenvalue weighted by Crippen LogP contribution is 2.44. The Morgan fingerprint density at radius 2 is 1.50 bits per heavy atom. The fraction of sp³-hybridized carbons (Fsp3) is 1.00. The average Bonchev–Trinajstić information content (AvgIpc) is 2.21. The van der Waals surface area contributed by atoms with E-state index in [1.807, 2.05) is 0 Å². The maximum Gasteiger partial charge on any atom is 0.278 e. The van der Waals surface area contributed by atoms with Crippen molar-refractivity contribution in [1.82, 2.24) is 5.06 Å². The first-order chi connectivity index (χ1) is 8.69. The Balaban J connectivity index is 2.71. The standard InChI is InChI=1S/C15H33B2NO2/c1-12(2)9-11(10-13(3,4)18(12)19)17-20-15(7,8)14(5,6)16/h11,17,19H,9-10,16H2,1-8H3. The van der Waals surface area contributed by atoms with Crippen molar-refractivity contribution in [3.8, 4) is 0 Å². The van der Waals surface area contributed by atoms with Crippen LogP contribution in [0.15, 0.2) is 0 Å². The molecule has 1 heterocycles. The summed E-state index contributed by atoms with van der Waals surface area (Å²) in [4.78, 5) is 0. The van der Waals surface area contributed by atoms with Crippen molar-refractivity contribution in [2.24, 2.45) is 0 Å². The molecule has 0 amide bonds. The predicted octanol–water partition coefficient (Wildman–Crippen LogP) is 2.80. The lowest BCUT2D eigenvalue weighted by atomic mass is 9.59. The van der Waals surface area contributed by atoms with E-state index in [1.165, 1.54) is 5.06 Å². The van der Waals surface area contributed by atoms with Crippen molar-refractivity contribution >= 4 is 15.3 Å². The van der Waals surface area contributed by atoms with Crippen molar-refractivity contribution in [3.05, 3.63) is 0 Å². The minimum absolute atomic E-state index is 0.121. The van der Waals surface area contributed by atoms with Crippen LogP contribution in [0.25, 0.3) is 0 Å². The fourth-order valence-corrected chi connectivity index (χ4v) is 3.14. The van der Waals surface area contributed by atoms with Gasteiger partial charge in [-0.15, -0.1) is 0 Å². The highest BCUT2D eigenvalue weighted by Gasteiger charge is 2.46. The predicted molar refractivity (Wildman–Crippen MR) is 89.7 cm³/mol. The monoisotopic (exact) mass is 281 g/mol. The molecular formula is C15H33B2NO2. The molecule has 0 bridgehead atoms. The van der Waals surface area contributed by atoms with Gasteiger partial charge in [0, 0.05) is 16.7 Å². The topological polar surface area (TPSA) is 32.7 Å². The lowest BCUT2D eigenvalue weighted by Gasteiger charge is -2.52. The van der Waals surface area contributed by atoms with Crippen LogP contribution >= 0.6 is 0 Å². The maximum absolute atomic E-state index is 10.3. The van der Waals surface area contributed by atoms with Crippen molar-refractivity contribution in [3.63, 3.8) is 0 Å². The summed E-state index contributed by atoms with van der Waals surface area (Å²) >= 11 is 0. The number of hydrogen-bond acceptors (Lipinski definition) is 3. The minimum Gasteiger partial charge on any atom is -0.435 e. The van der Waals surface area contributed by atoms with Gasteiger partial charge < -0.3 is 9.86 Å². The third kappa shape index (κ3) is 3.80. The summed E-state index contributed by atoms with van der Waals surface area (Å²) in [6, 6.07) is 0. The number of hydrogen-bond donors (Lipinski definition) is 1. The van der Waals surface area contributed by atoms with Crippen LogP contribution in [0.5, 0.6) is 0 Å². The summed E-state index contributed by atoms with van der Waals surface area (Å²) in [5.74, 6) is 0.491. The van der Waals surface area contributed by atoms with Crippen LogP contribution in [-0.4, -0.2) is 42.3 Å². The van der Waals surface area contributed by atoms with E-state index in [4.69, 9.17) is 4.65 Å². The van der Waals surface area contributed by atoms with E-state index >= 15 is 0 Å². The van der Waals surface area contributed by atoms with Gasteiger partial charge in [-0.3, -0.25) is 0 Å². The number of piperidine rings is 1. The summed E-state index contributed by atoms with van der Waals surface area (Å²) in [5.41, 5.74) is -0.527. The summed E-state index contributed by atoms with van der Waals surface area (Å²) in [5, 5.41) is 12.0. The summed E-state index contributed by atoms with van der Waals surface area (Å²) < 4.78 is 6.26. The molecule has 1 aliphatic rings. The molecule has 0 saturated carbocycles. The molecule has 0 aliphatic carbocycles. The Labute approximate surface area is 127 Å². The Morgan fingerprint density at radius 3 is 1.85 bits per heavy atom. The second kappa shape index (κ2) is 5.33. The van der Waals surface area contributed by atoms with Gasteiger partial charge in [-0.1, -0.05) is 13.8 Å². The molecule has 0 aromatic rings. The van der Waals surface area contributed by atoms with Gasteiger partial charge in [0.15, 0.2) is 0 Å².